The van der Waals surface area contributed by atoms with Crippen LogP contribution in [0.4, 0.5) is 0 Å². The lowest BCUT2D eigenvalue weighted by atomic mass is 9.78. The van der Waals surface area contributed by atoms with E-state index in [1.165, 1.54) is 25.7 Å². The summed E-state index contributed by atoms with van der Waals surface area (Å²) in [7, 11) is 0. The van der Waals surface area contributed by atoms with Crippen LogP contribution in [0, 0.1) is 17.8 Å². The molecule has 0 bridgehead atoms. The Bertz CT molecular complexity index is 379. The predicted molar refractivity (Wildman–Crippen MR) is 100.0 cm³/mol. The fraction of sp³-hybridized carbons (Fsp3) is 0.900. The lowest BCUT2D eigenvalue weighted by Gasteiger charge is -2.40. The molecule has 1 amide bonds. The Balaban J connectivity index is 0.00000139. The van der Waals surface area contributed by atoms with Crippen molar-refractivity contribution in [1.29, 1.82) is 0 Å². The Hall–Kier alpha value is -0.900. The number of Topliss-reactive ketones (excluding diaryl/α,β-unsaturated/α-hetero) is 1. The molecule has 0 aliphatic carbocycles. The van der Waals surface area contributed by atoms with Crippen molar-refractivity contribution in [2.45, 2.75) is 66.7 Å². The van der Waals surface area contributed by atoms with Crippen LogP contribution in [0.1, 0.15) is 66.7 Å². The first-order valence-electron chi connectivity index (χ1n) is 10.0. The summed E-state index contributed by atoms with van der Waals surface area (Å²) in [6.45, 7) is 14.6. The van der Waals surface area contributed by atoms with Gasteiger partial charge in [0.1, 0.15) is 5.78 Å². The largest absolute Gasteiger partial charge is 0.343 e. The summed E-state index contributed by atoms with van der Waals surface area (Å²) in [6, 6.07) is 0. The van der Waals surface area contributed by atoms with Gasteiger partial charge in [-0.1, -0.05) is 34.6 Å². The number of carbonyl (C=O) groups is 2. The Morgan fingerprint density at radius 2 is 1.38 bits per heavy atom. The molecule has 0 spiro atoms. The van der Waals surface area contributed by atoms with Crippen LogP contribution < -0.4 is 0 Å². The van der Waals surface area contributed by atoms with Crippen LogP contribution in [0.2, 0.25) is 0 Å². The topological polar surface area (TPSA) is 40.6 Å². The molecule has 4 heteroatoms. The highest BCUT2D eigenvalue weighted by molar-refractivity contribution is 5.82. The molecule has 0 aromatic heterocycles. The van der Waals surface area contributed by atoms with E-state index in [0.717, 1.165) is 38.0 Å². The van der Waals surface area contributed by atoms with E-state index in [1.807, 2.05) is 39.5 Å². The van der Waals surface area contributed by atoms with Gasteiger partial charge in [-0.2, -0.15) is 0 Å². The zero-order valence-corrected chi connectivity index (χ0v) is 16.5. The molecule has 0 saturated carbocycles. The van der Waals surface area contributed by atoms with E-state index in [0.29, 0.717) is 24.7 Å². The van der Waals surface area contributed by atoms with E-state index in [2.05, 4.69) is 4.90 Å². The lowest BCUT2D eigenvalue weighted by Crippen LogP contribution is -2.43. The van der Waals surface area contributed by atoms with Gasteiger partial charge in [0.25, 0.3) is 0 Å². The van der Waals surface area contributed by atoms with Crippen molar-refractivity contribution in [3.63, 3.8) is 0 Å². The first kappa shape index (κ1) is 21.1. The molecule has 2 fully saturated rings. The molecule has 2 aliphatic heterocycles. The van der Waals surface area contributed by atoms with Gasteiger partial charge in [-0.15, -0.1) is 0 Å². The van der Waals surface area contributed by atoms with Crippen LogP contribution in [0.25, 0.3) is 0 Å². The minimum Gasteiger partial charge on any atom is -0.343 e. The second-order valence-electron chi connectivity index (χ2n) is 7.31. The fourth-order valence-electron chi connectivity index (χ4n) is 3.83. The normalized spacial score (nSPS) is 20.7. The zero-order chi connectivity index (χ0) is 18.1. The highest BCUT2D eigenvalue weighted by Crippen LogP contribution is 2.32. The number of ketones is 1. The molecule has 0 aromatic rings. The van der Waals surface area contributed by atoms with E-state index in [1.54, 1.807) is 0 Å². The summed E-state index contributed by atoms with van der Waals surface area (Å²) in [4.78, 5) is 27.9. The highest BCUT2D eigenvalue weighted by Gasteiger charge is 2.30. The van der Waals surface area contributed by atoms with Crippen molar-refractivity contribution in [2.75, 3.05) is 32.7 Å². The lowest BCUT2D eigenvalue weighted by molar-refractivity contribution is -0.132. The zero-order valence-electron chi connectivity index (χ0n) is 16.5. The van der Waals surface area contributed by atoms with Gasteiger partial charge in [-0.3, -0.25) is 14.5 Å². The van der Waals surface area contributed by atoms with Crippen molar-refractivity contribution in [1.82, 2.24) is 9.80 Å². The van der Waals surface area contributed by atoms with E-state index in [4.69, 9.17) is 0 Å². The number of amides is 1. The number of nitrogens with zero attached hydrogens (tertiary/aromatic N) is 2. The van der Waals surface area contributed by atoms with Crippen LogP contribution in [-0.2, 0) is 9.59 Å². The summed E-state index contributed by atoms with van der Waals surface area (Å²) in [6.07, 6.45) is 5.41. The van der Waals surface area contributed by atoms with Gasteiger partial charge in [0, 0.05) is 25.4 Å². The molecule has 2 heterocycles. The van der Waals surface area contributed by atoms with Gasteiger partial charge in [0.15, 0.2) is 0 Å². The van der Waals surface area contributed by atoms with Crippen LogP contribution in [0.5, 0.6) is 0 Å². The van der Waals surface area contributed by atoms with E-state index < -0.39 is 0 Å². The molecule has 2 saturated heterocycles. The monoisotopic (exact) mass is 338 g/mol. The minimum absolute atomic E-state index is 0.151. The molecule has 140 valence electrons. The number of hydrogen-bond acceptors (Lipinski definition) is 3. The Kier molecular flexibility index (Phi) is 9.57. The van der Waals surface area contributed by atoms with E-state index in [9.17, 15) is 9.59 Å². The smallest absolute Gasteiger partial charge is 0.222 e. The molecule has 2 aliphatic rings. The van der Waals surface area contributed by atoms with Gasteiger partial charge in [0.05, 0.1) is 6.54 Å². The summed E-state index contributed by atoms with van der Waals surface area (Å²) < 4.78 is 0. The van der Waals surface area contributed by atoms with E-state index in [-0.39, 0.29) is 5.92 Å². The standard InChI is InChI=1S/C18H32N2O2.C2H6/c1-4-18(22)20-11-7-16(8-12-20)15-5-9-19(10-6-15)13-17(21)14(2)3;1-2/h14-16H,4-13H2,1-3H3;1-2H3. The first-order valence-corrected chi connectivity index (χ1v) is 10.0. The summed E-state index contributed by atoms with van der Waals surface area (Å²) in [5, 5.41) is 0. The third-order valence-electron chi connectivity index (χ3n) is 5.52. The van der Waals surface area contributed by atoms with Gasteiger partial charge in [-0.25, -0.2) is 0 Å². The third-order valence-corrected chi connectivity index (χ3v) is 5.52. The first-order chi connectivity index (χ1) is 11.5. The highest BCUT2D eigenvalue weighted by atomic mass is 16.2. The van der Waals surface area contributed by atoms with Gasteiger partial charge < -0.3 is 4.90 Å². The molecular weight excluding hydrogens is 300 g/mol. The van der Waals surface area contributed by atoms with Crippen molar-refractivity contribution in [3.8, 4) is 0 Å². The summed E-state index contributed by atoms with van der Waals surface area (Å²) >= 11 is 0. The Morgan fingerprint density at radius 1 is 0.917 bits per heavy atom. The molecule has 0 aromatic carbocycles. The molecule has 0 atom stereocenters. The second-order valence-corrected chi connectivity index (χ2v) is 7.31. The SMILES string of the molecule is CC.CCC(=O)N1CCC(C2CCN(CC(=O)C(C)C)CC2)CC1. The van der Waals surface area contributed by atoms with Crippen LogP contribution >= 0.6 is 0 Å². The average molecular weight is 339 g/mol. The van der Waals surface area contributed by atoms with Crippen molar-refractivity contribution < 1.29 is 9.59 Å². The number of hydrogen-bond donors (Lipinski definition) is 0. The molecule has 2 rings (SSSR count). The fourth-order valence-corrected chi connectivity index (χ4v) is 3.83. The summed E-state index contributed by atoms with van der Waals surface area (Å²) in [5.74, 6) is 2.40. The maximum absolute atomic E-state index is 11.8. The average Bonchev–Trinajstić information content (AvgIpc) is 2.63. The van der Waals surface area contributed by atoms with Crippen LogP contribution in [0.15, 0.2) is 0 Å². The number of carbonyl (C=O) groups excluding carboxylic acids is 2. The van der Waals surface area contributed by atoms with Crippen LogP contribution in [-0.4, -0.2) is 54.2 Å². The maximum atomic E-state index is 11.8. The van der Waals surface area contributed by atoms with Gasteiger partial charge >= 0.3 is 0 Å². The molecule has 0 radical (unpaired) electrons. The van der Waals surface area contributed by atoms with Gasteiger partial charge in [0.2, 0.25) is 5.91 Å². The number of likely N-dealkylation sites (tertiary alicyclic amines) is 2. The summed E-state index contributed by atoms with van der Waals surface area (Å²) in [5.41, 5.74) is 0. The number of rotatable bonds is 5. The predicted octanol–water partition coefficient (Wildman–Crippen LogP) is 3.60. The van der Waals surface area contributed by atoms with Crippen molar-refractivity contribution in [2.24, 2.45) is 17.8 Å². The Labute approximate surface area is 149 Å². The number of piperidine rings is 2. The Morgan fingerprint density at radius 3 is 1.79 bits per heavy atom. The minimum atomic E-state index is 0.151. The maximum Gasteiger partial charge on any atom is 0.222 e. The molecular formula is C20H38N2O2. The second kappa shape index (κ2) is 10.9. The molecule has 0 N–H and O–H groups in total. The van der Waals surface area contributed by atoms with Crippen LogP contribution in [0.3, 0.4) is 0 Å². The molecule has 24 heavy (non-hydrogen) atoms. The van der Waals surface area contributed by atoms with E-state index >= 15 is 0 Å². The van der Waals surface area contributed by atoms with Crippen molar-refractivity contribution in [3.05, 3.63) is 0 Å². The third kappa shape index (κ3) is 6.19. The molecule has 4 nitrogen and oxygen atoms in total. The van der Waals surface area contributed by atoms with Crippen molar-refractivity contribution >= 4 is 11.7 Å². The quantitative estimate of drug-likeness (QED) is 0.769. The molecule has 0 unspecified atom stereocenters. The van der Waals surface area contributed by atoms with Gasteiger partial charge in [-0.05, 0) is 50.6 Å².